The number of aryl methyl sites for hydroxylation is 1. The third-order valence-electron chi connectivity index (χ3n) is 6.59. The summed E-state index contributed by atoms with van der Waals surface area (Å²) in [6.45, 7) is 1.83. The van der Waals surface area contributed by atoms with Crippen molar-refractivity contribution in [2.24, 2.45) is 11.0 Å². The van der Waals surface area contributed by atoms with Crippen molar-refractivity contribution in [3.63, 3.8) is 0 Å². The number of benzene rings is 1. The Labute approximate surface area is 203 Å². The maximum Gasteiger partial charge on any atom is 0.335 e. The third-order valence-corrected chi connectivity index (χ3v) is 6.59. The summed E-state index contributed by atoms with van der Waals surface area (Å²) in [4.78, 5) is 29.0. The number of fused-ring (bicyclic) bond motifs is 3. The smallest absolute Gasteiger partial charge is 0.335 e. The average Bonchev–Trinajstić information content (AvgIpc) is 3.02. The van der Waals surface area contributed by atoms with Gasteiger partial charge >= 0.3 is 11.9 Å². The van der Waals surface area contributed by atoms with Gasteiger partial charge in [0.2, 0.25) is 5.75 Å². The van der Waals surface area contributed by atoms with E-state index in [1.54, 1.807) is 0 Å². The minimum absolute atomic E-state index is 0.0129. The SMILES string of the molecule is COC(=O)C1=C(C(=O)OC)[C@H]2C(=C(C)C1)c1c(cc(OC)c(OC)c1OC)CC[C@@]2(N=[N+]=[N-])OC. The second-order valence-electron chi connectivity index (χ2n) is 8.10. The zero-order valence-electron chi connectivity index (χ0n) is 20.9. The molecule has 0 saturated carbocycles. The molecule has 2 aliphatic carbocycles. The third kappa shape index (κ3) is 4.06. The number of rotatable bonds is 7. The highest BCUT2D eigenvalue weighted by Gasteiger charge is 2.52. The number of carbonyl (C=O) groups is 2. The van der Waals surface area contributed by atoms with Crippen LogP contribution in [0.3, 0.4) is 0 Å². The highest BCUT2D eigenvalue weighted by Crippen LogP contribution is 2.57. The Morgan fingerprint density at radius 3 is 2.20 bits per heavy atom. The first kappa shape index (κ1) is 25.9. The van der Waals surface area contributed by atoms with Crippen LogP contribution in [0.2, 0.25) is 0 Å². The highest BCUT2D eigenvalue weighted by molar-refractivity contribution is 6.05. The van der Waals surface area contributed by atoms with Gasteiger partial charge < -0.3 is 28.4 Å². The van der Waals surface area contributed by atoms with E-state index in [9.17, 15) is 15.1 Å². The van der Waals surface area contributed by atoms with Gasteiger partial charge in [-0.25, -0.2) is 9.59 Å². The maximum atomic E-state index is 13.2. The van der Waals surface area contributed by atoms with Crippen molar-refractivity contribution in [3.8, 4) is 17.2 Å². The van der Waals surface area contributed by atoms with Gasteiger partial charge in [-0.05, 0) is 42.5 Å². The number of azide groups is 1. The largest absolute Gasteiger partial charge is 0.493 e. The zero-order valence-corrected chi connectivity index (χ0v) is 20.9. The minimum atomic E-state index is -1.56. The topological polar surface area (TPSA) is 138 Å². The van der Waals surface area contributed by atoms with Gasteiger partial charge in [-0.1, -0.05) is 10.7 Å². The molecule has 11 nitrogen and oxygen atoms in total. The first-order valence-corrected chi connectivity index (χ1v) is 10.8. The van der Waals surface area contributed by atoms with Crippen LogP contribution in [0.25, 0.3) is 16.0 Å². The molecule has 0 aliphatic heterocycles. The highest BCUT2D eigenvalue weighted by atomic mass is 16.5. The number of ether oxygens (including phenoxy) is 6. The number of hydrogen-bond acceptors (Lipinski definition) is 9. The maximum absolute atomic E-state index is 13.2. The molecule has 2 aliphatic rings. The molecule has 0 amide bonds. The summed E-state index contributed by atoms with van der Waals surface area (Å²) in [5.41, 5.74) is 10.9. The van der Waals surface area contributed by atoms with E-state index >= 15 is 0 Å². The van der Waals surface area contributed by atoms with E-state index in [2.05, 4.69) is 10.0 Å². The zero-order chi connectivity index (χ0) is 25.9. The lowest BCUT2D eigenvalue weighted by molar-refractivity contribution is -0.141. The minimum Gasteiger partial charge on any atom is -0.493 e. The molecule has 0 N–H and O–H groups in total. The summed E-state index contributed by atoms with van der Waals surface area (Å²) in [7, 11) is 8.38. The summed E-state index contributed by atoms with van der Waals surface area (Å²) < 4.78 is 32.9. The van der Waals surface area contributed by atoms with E-state index in [-0.39, 0.29) is 24.0 Å². The fourth-order valence-corrected chi connectivity index (χ4v) is 5.09. The van der Waals surface area contributed by atoms with Crippen LogP contribution in [0.15, 0.2) is 27.9 Å². The summed E-state index contributed by atoms with van der Waals surface area (Å²) in [6.07, 6.45) is 0.680. The van der Waals surface area contributed by atoms with Gasteiger partial charge in [-0.15, -0.1) is 0 Å². The van der Waals surface area contributed by atoms with E-state index in [0.717, 1.165) is 11.1 Å². The van der Waals surface area contributed by atoms with Gasteiger partial charge in [0.05, 0.1) is 52.6 Å². The van der Waals surface area contributed by atoms with Crippen LogP contribution in [-0.2, 0) is 30.2 Å². The van der Waals surface area contributed by atoms with Crippen molar-refractivity contribution < 1.29 is 38.0 Å². The molecule has 0 bridgehead atoms. The Kier molecular flexibility index (Phi) is 7.62. The summed E-state index contributed by atoms with van der Waals surface area (Å²) in [6, 6.07) is 1.83. The van der Waals surface area contributed by atoms with Gasteiger partial charge in [0.15, 0.2) is 17.2 Å². The number of esters is 2. The standard InChI is InChI=1S/C24H29N3O8/c1-12-10-14(22(28)33-5)18(23(29)34-6)19-16(12)17-13(8-9-24(19,35-7)26-27-25)11-15(30-2)20(31-3)21(17)32-4/h11,19H,8-10H2,1-7H3/t19-,24-/m1/s1. The first-order chi connectivity index (χ1) is 16.8. The lowest BCUT2D eigenvalue weighted by Crippen LogP contribution is -2.43. The second kappa shape index (κ2) is 10.3. The van der Waals surface area contributed by atoms with Crippen LogP contribution in [0, 0.1) is 5.92 Å². The van der Waals surface area contributed by atoms with Crippen molar-refractivity contribution in [1.29, 1.82) is 0 Å². The summed E-state index contributed by atoms with van der Waals surface area (Å²) in [5.74, 6) is -1.21. The molecule has 0 unspecified atom stereocenters. The van der Waals surface area contributed by atoms with Crippen molar-refractivity contribution in [1.82, 2.24) is 0 Å². The normalized spacial score (nSPS) is 21.2. The monoisotopic (exact) mass is 487 g/mol. The van der Waals surface area contributed by atoms with Crippen LogP contribution >= 0.6 is 0 Å². The molecular formula is C24H29N3O8. The fraction of sp³-hybridized carbons (Fsp3) is 0.500. The Hall–Kier alpha value is -3.69. The lowest BCUT2D eigenvalue weighted by Gasteiger charge is -2.40. The Balaban J connectivity index is 2.53. The molecule has 35 heavy (non-hydrogen) atoms. The van der Waals surface area contributed by atoms with Crippen molar-refractivity contribution in [3.05, 3.63) is 44.4 Å². The number of allylic oxidation sites excluding steroid dienone is 1. The van der Waals surface area contributed by atoms with Gasteiger partial charge in [-0.3, -0.25) is 0 Å². The molecule has 1 aromatic rings. The number of nitrogens with zero attached hydrogens (tertiary/aromatic N) is 3. The molecule has 3 rings (SSSR count). The molecule has 0 fully saturated rings. The van der Waals surface area contributed by atoms with Gasteiger partial charge in [0, 0.05) is 24.0 Å². The molecule has 0 aromatic heterocycles. The number of carbonyl (C=O) groups excluding carboxylic acids is 2. The van der Waals surface area contributed by atoms with Crippen LogP contribution in [-0.4, -0.2) is 60.3 Å². The van der Waals surface area contributed by atoms with Crippen LogP contribution in [0.5, 0.6) is 17.2 Å². The molecule has 0 heterocycles. The van der Waals surface area contributed by atoms with Crippen LogP contribution < -0.4 is 14.2 Å². The van der Waals surface area contributed by atoms with E-state index in [4.69, 9.17) is 28.4 Å². The summed E-state index contributed by atoms with van der Waals surface area (Å²) in [5, 5.41) is 4.05. The van der Waals surface area contributed by atoms with Gasteiger partial charge in [0.25, 0.3) is 0 Å². The van der Waals surface area contributed by atoms with E-state index in [1.807, 2.05) is 13.0 Å². The molecule has 2 atom stereocenters. The van der Waals surface area contributed by atoms with E-state index in [0.29, 0.717) is 34.8 Å². The van der Waals surface area contributed by atoms with Crippen molar-refractivity contribution in [2.45, 2.75) is 31.9 Å². The molecular weight excluding hydrogens is 458 g/mol. The Morgan fingerprint density at radius 2 is 1.69 bits per heavy atom. The molecule has 0 saturated heterocycles. The predicted octanol–water partition coefficient (Wildman–Crippen LogP) is 3.75. The van der Waals surface area contributed by atoms with E-state index in [1.165, 1.54) is 42.7 Å². The van der Waals surface area contributed by atoms with Crippen LogP contribution in [0.4, 0.5) is 0 Å². The number of hydrogen-bond donors (Lipinski definition) is 0. The Bertz CT molecular complexity index is 1170. The fourth-order valence-electron chi connectivity index (χ4n) is 5.09. The average molecular weight is 488 g/mol. The first-order valence-electron chi connectivity index (χ1n) is 10.8. The lowest BCUT2D eigenvalue weighted by atomic mass is 9.70. The molecule has 188 valence electrons. The molecule has 1 aromatic carbocycles. The quantitative estimate of drug-likeness (QED) is 0.245. The number of methoxy groups -OCH3 is 6. The van der Waals surface area contributed by atoms with Crippen LogP contribution in [0.1, 0.15) is 30.9 Å². The van der Waals surface area contributed by atoms with Gasteiger partial charge in [0.1, 0.15) is 0 Å². The molecule has 0 spiro atoms. The van der Waals surface area contributed by atoms with Gasteiger partial charge in [-0.2, -0.15) is 0 Å². The van der Waals surface area contributed by atoms with Crippen molar-refractivity contribution in [2.75, 3.05) is 42.7 Å². The Morgan fingerprint density at radius 1 is 1.03 bits per heavy atom. The predicted molar refractivity (Wildman–Crippen MR) is 125 cm³/mol. The molecule has 0 radical (unpaired) electrons. The molecule has 11 heteroatoms. The second-order valence-corrected chi connectivity index (χ2v) is 8.10. The summed E-state index contributed by atoms with van der Waals surface area (Å²) >= 11 is 0. The van der Waals surface area contributed by atoms with Crippen molar-refractivity contribution >= 4 is 17.5 Å². The van der Waals surface area contributed by atoms with E-state index < -0.39 is 23.6 Å².